The van der Waals surface area contributed by atoms with Gasteiger partial charge in [-0.3, -0.25) is 10.3 Å². The second kappa shape index (κ2) is 20.1. The van der Waals surface area contributed by atoms with Crippen molar-refractivity contribution in [3.63, 3.8) is 0 Å². The third-order valence-corrected chi connectivity index (χ3v) is 8.23. The number of nitrogens with two attached hydrogens (primary N) is 2. The fraction of sp³-hybridized carbons (Fsp3) is 0.433. The smallest absolute Gasteiger partial charge is 0.212 e. The third kappa shape index (κ3) is 14.0. The highest BCUT2D eigenvalue weighted by Crippen LogP contribution is 2.21. The van der Waals surface area contributed by atoms with Crippen molar-refractivity contribution in [1.29, 1.82) is 5.26 Å². The average Bonchev–Trinajstić information content (AvgIpc) is 3.46. The minimum atomic E-state index is -0.226. The van der Waals surface area contributed by atoms with Crippen molar-refractivity contribution < 1.29 is 4.39 Å². The van der Waals surface area contributed by atoms with Crippen LogP contribution < -0.4 is 27.0 Å². The Morgan fingerprint density at radius 1 is 1.09 bits per heavy atom. The molecular weight excluding hydrogens is 598 g/mol. The van der Waals surface area contributed by atoms with Crippen molar-refractivity contribution in [1.82, 2.24) is 25.5 Å². The fourth-order valence-electron chi connectivity index (χ4n) is 4.20. The lowest BCUT2D eigenvalue weighted by Gasteiger charge is -2.27. The van der Waals surface area contributed by atoms with Crippen LogP contribution in [-0.4, -0.2) is 72.3 Å². The van der Waals surface area contributed by atoms with E-state index in [-0.39, 0.29) is 11.8 Å². The van der Waals surface area contributed by atoms with E-state index in [0.717, 1.165) is 73.9 Å². The number of hydrogen-bond donors (Lipinski definition) is 4. The van der Waals surface area contributed by atoms with Gasteiger partial charge < -0.3 is 26.6 Å². The molecule has 0 aliphatic rings. The summed E-state index contributed by atoms with van der Waals surface area (Å²) in [6, 6.07) is 12.6. The van der Waals surface area contributed by atoms with Gasteiger partial charge in [0.1, 0.15) is 11.6 Å². The minimum absolute atomic E-state index is 0.00345. The van der Waals surface area contributed by atoms with Gasteiger partial charge in [-0.15, -0.1) is 11.3 Å². The standard InChI is InChI=1S/C30H42FN11S2/c1-41(17-18-42(27-8-4-6-13-35-27)20-24-9-11-25(31)12-10-24)16-7-3-2-5-14-36-29(38-23-32)37-15-19-43-21-26-22-44-30(39-26)40-28(33)34/h4,6,8-13,22H,2-3,5,7,14-21H2,1H3,(H2,36,37,38)(H4,33,34,39,40). The molecule has 2 heterocycles. The molecule has 0 atom stereocenters. The van der Waals surface area contributed by atoms with Gasteiger partial charge in [0.2, 0.25) is 11.1 Å². The van der Waals surface area contributed by atoms with E-state index in [4.69, 9.17) is 16.7 Å². The summed E-state index contributed by atoms with van der Waals surface area (Å²) < 4.78 is 13.4. The lowest BCUT2D eigenvalue weighted by molar-refractivity contribution is 0.328. The molecule has 0 amide bonds. The quantitative estimate of drug-likeness (QED) is 0.0496. The molecule has 0 saturated carbocycles. The second-order valence-corrected chi connectivity index (χ2v) is 12.0. The summed E-state index contributed by atoms with van der Waals surface area (Å²) in [6.07, 6.45) is 8.01. The fourth-order valence-corrected chi connectivity index (χ4v) is 5.76. The van der Waals surface area contributed by atoms with E-state index in [1.165, 1.54) is 23.5 Å². The monoisotopic (exact) mass is 639 g/mol. The van der Waals surface area contributed by atoms with E-state index < -0.39 is 0 Å². The van der Waals surface area contributed by atoms with Crippen LogP contribution >= 0.6 is 23.1 Å². The van der Waals surface area contributed by atoms with Crippen LogP contribution in [0.15, 0.2) is 64.0 Å². The van der Waals surface area contributed by atoms with Gasteiger partial charge in [-0.05, 0) is 56.3 Å². The molecular formula is C30H42FN11S2. The van der Waals surface area contributed by atoms with E-state index in [1.807, 2.05) is 41.9 Å². The predicted octanol–water partition coefficient (Wildman–Crippen LogP) is 4.03. The minimum Gasteiger partial charge on any atom is -0.370 e. The van der Waals surface area contributed by atoms with E-state index in [0.29, 0.717) is 30.7 Å². The van der Waals surface area contributed by atoms with E-state index >= 15 is 0 Å². The highest BCUT2D eigenvalue weighted by Gasteiger charge is 2.10. The van der Waals surface area contributed by atoms with Crippen molar-refractivity contribution in [3.05, 3.63) is 71.1 Å². The molecule has 0 fully saturated rings. The van der Waals surface area contributed by atoms with Crippen molar-refractivity contribution in [2.75, 3.05) is 50.4 Å². The summed E-state index contributed by atoms with van der Waals surface area (Å²) in [5.74, 6) is 2.79. The van der Waals surface area contributed by atoms with Crippen molar-refractivity contribution in [3.8, 4) is 6.19 Å². The van der Waals surface area contributed by atoms with Gasteiger partial charge in [-0.2, -0.15) is 22.0 Å². The molecule has 0 aliphatic carbocycles. The third-order valence-electron chi connectivity index (χ3n) is 6.46. The van der Waals surface area contributed by atoms with Gasteiger partial charge in [0.15, 0.2) is 12.2 Å². The number of pyridine rings is 1. The summed E-state index contributed by atoms with van der Waals surface area (Å²) >= 11 is 3.13. The Hall–Kier alpha value is -3.93. The number of guanidine groups is 2. The van der Waals surface area contributed by atoms with Crippen LogP contribution in [0.5, 0.6) is 0 Å². The maximum absolute atomic E-state index is 13.4. The van der Waals surface area contributed by atoms with Crippen LogP contribution in [0.1, 0.15) is 36.9 Å². The van der Waals surface area contributed by atoms with Crippen molar-refractivity contribution in [2.45, 2.75) is 38.0 Å². The number of anilines is 1. The Labute approximate surface area is 267 Å². The molecule has 3 aromatic rings. The lowest BCUT2D eigenvalue weighted by Crippen LogP contribution is -2.36. The zero-order valence-electron chi connectivity index (χ0n) is 25.2. The molecule has 0 unspecified atom stereocenters. The zero-order valence-corrected chi connectivity index (χ0v) is 26.8. The van der Waals surface area contributed by atoms with Gasteiger partial charge in [-0.1, -0.05) is 31.0 Å². The van der Waals surface area contributed by atoms with Gasteiger partial charge in [0.25, 0.3) is 0 Å². The number of rotatable bonds is 19. The molecule has 0 bridgehead atoms. The van der Waals surface area contributed by atoms with Crippen LogP contribution in [0.25, 0.3) is 0 Å². The van der Waals surface area contributed by atoms with Gasteiger partial charge in [-0.25, -0.2) is 14.4 Å². The van der Waals surface area contributed by atoms with Crippen LogP contribution in [-0.2, 0) is 12.3 Å². The molecule has 0 aliphatic heterocycles. The molecule has 3 rings (SSSR count). The summed E-state index contributed by atoms with van der Waals surface area (Å²) in [5, 5.41) is 17.4. The lowest BCUT2D eigenvalue weighted by atomic mass is 10.2. The molecule has 6 N–H and O–H groups in total. The number of thioether (sulfide) groups is 1. The van der Waals surface area contributed by atoms with Crippen LogP contribution in [0, 0.1) is 17.3 Å². The zero-order chi connectivity index (χ0) is 31.4. The van der Waals surface area contributed by atoms with Crippen molar-refractivity contribution >= 4 is 46.0 Å². The number of aromatic nitrogens is 2. The Bertz CT molecular complexity index is 1320. The Balaban J connectivity index is 1.28. The van der Waals surface area contributed by atoms with Crippen LogP contribution in [0.2, 0.25) is 0 Å². The average molecular weight is 640 g/mol. The van der Waals surface area contributed by atoms with Gasteiger partial charge in [0, 0.05) is 55.8 Å². The van der Waals surface area contributed by atoms with E-state index in [9.17, 15) is 4.39 Å². The number of aliphatic imine (C=N–C) groups is 2. The number of hydrogen-bond acceptors (Lipinski definition) is 9. The number of halogens is 1. The van der Waals surface area contributed by atoms with Crippen molar-refractivity contribution in [2.24, 2.45) is 21.5 Å². The number of benzene rings is 1. The number of nitrogens with zero attached hydrogens (tertiary/aromatic N) is 7. The largest absolute Gasteiger partial charge is 0.370 e. The van der Waals surface area contributed by atoms with Gasteiger partial charge >= 0.3 is 0 Å². The second-order valence-electron chi connectivity index (χ2n) is 10.1. The maximum atomic E-state index is 13.4. The first-order valence-electron chi connectivity index (χ1n) is 14.6. The Morgan fingerprint density at radius 3 is 2.66 bits per heavy atom. The first-order valence-corrected chi connectivity index (χ1v) is 16.6. The number of nitriles is 1. The first-order chi connectivity index (χ1) is 21.4. The number of nitrogens with one attached hydrogen (secondary N) is 2. The normalized spacial score (nSPS) is 11.3. The molecule has 44 heavy (non-hydrogen) atoms. The van der Waals surface area contributed by atoms with E-state index in [2.05, 4.69) is 47.4 Å². The molecule has 0 spiro atoms. The summed E-state index contributed by atoms with van der Waals surface area (Å²) in [6.45, 7) is 4.75. The Kier molecular flexibility index (Phi) is 15.8. The summed E-state index contributed by atoms with van der Waals surface area (Å²) in [5.41, 5.74) is 12.8. The first kappa shape index (κ1) is 34.6. The molecule has 0 radical (unpaired) electrons. The number of unbranched alkanes of at least 4 members (excludes halogenated alkanes) is 3. The highest BCUT2D eigenvalue weighted by atomic mass is 32.2. The number of likely N-dealkylation sites (N-methyl/N-ethyl adjacent to an activating group) is 1. The van der Waals surface area contributed by atoms with E-state index in [1.54, 1.807) is 18.0 Å². The van der Waals surface area contributed by atoms with Crippen LogP contribution in [0.3, 0.4) is 0 Å². The van der Waals surface area contributed by atoms with Crippen LogP contribution in [0.4, 0.5) is 15.3 Å². The molecule has 11 nitrogen and oxygen atoms in total. The topological polar surface area (TPSA) is 157 Å². The molecule has 14 heteroatoms. The molecule has 0 saturated heterocycles. The predicted molar refractivity (Wildman–Crippen MR) is 180 cm³/mol. The molecule has 2 aromatic heterocycles. The SMILES string of the molecule is CN(CCCCCCN=C(NC#N)NCCSCc1csc(N=C(N)N)n1)CCN(Cc1ccc(F)cc1)c1ccccn1. The maximum Gasteiger partial charge on any atom is 0.212 e. The summed E-state index contributed by atoms with van der Waals surface area (Å²) in [4.78, 5) is 21.9. The molecule has 1 aromatic carbocycles. The molecule has 236 valence electrons. The van der Waals surface area contributed by atoms with Gasteiger partial charge in [0.05, 0.1) is 5.69 Å². The highest BCUT2D eigenvalue weighted by molar-refractivity contribution is 7.98. The number of thiazole rings is 1. The summed E-state index contributed by atoms with van der Waals surface area (Å²) in [7, 11) is 2.14. The Morgan fingerprint density at radius 2 is 1.91 bits per heavy atom.